The lowest BCUT2D eigenvalue weighted by molar-refractivity contribution is -0.129. The van der Waals surface area contributed by atoms with E-state index >= 15 is 0 Å². The van der Waals surface area contributed by atoms with Crippen LogP contribution in [0.4, 0.5) is 0 Å². The Balaban J connectivity index is 1.75. The van der Waals surface area contributed by atoms with Crippen LogP contribution in [0.5, 0.6) is 0 Å². The van der Waals surface area contributed by atoms with Crippen molar-refractivity contribution < 1.29 is 28.6 Å². The van der Waals surface area contributed by atoms with Crippen LogP contribution in [-0.4, -0.2) is 66.9 Å². The fourth-order valence-electron chi connectivity index (χ4n) is 4.35. The zero-order valence-corrected chi connectivity index (χ0v) is 20.2. The molecule has 0 fully saturated rings. The number of ketones is 1. The summed E-state index contributed by atoms with van der Waals surface area (Å²) in [6, 6.07) is 12.9. The molecule has 0 radical (unpaired) electrons. The van der Waals surface area contributed by atoms with E-state index < -0.39 is 29.5 Å². The predicted octanol–water partition coefficient (Wildman–Crippen LogP) is 4.06. The summed E-state index contributed by atoms with van der Waals surface area (Å²) in [5, 5.41) is 11.6. The van der Waals surface area contributed by atoms with Crippen LogP contribution in [0.2, 0.25) is 0 Å². The number of carbonyl (C=O) groups excluding carboxylic acids is 3. The van der Waals surface area contributed by atoms with E-state index in [4.69, 9.17) is 9.15 Å². The summed E-state index contributed by atoms with van der Waals surface area (Å²) in [6.45, 7) is 3.00. The van der Waals surface area contributed by atoms with Crippen LogP contribution < -0.4 is 0 Å². The van der Waals surface area contributed by atoms with Crippen LogP contribution in [0.25, 0.3) is 11.0 Å². The Morgan fingerprint density at radius 3 is 2.49 bits per heavy atom. The third-order valence-electron chi connectivity index (χ3n) is 6.10. The van der Waals surface area contributed by atoms with Crippen molar-refractivity contribution in [2.75, 3.05) is 34.3 Å². The second-order valence-electron chi connectivity index (χ2n) is 8.91. The Hall–Kier alpha value is -3.91. The summed E-state index contributed by atoms with van der Waals surface area (Å²) >= 11 is 0. The van der Waals surface area contributed by atoms with Crippen molar-refractivity contribution in [3.63, 3.8) is 0 Å². The molecule has 0 spiro atoms. The van der Waals surface area contributed by atoms with Gasteiger partial charge in [-0.1, -0.05) is 23.8 Å². The number of Topliss-reactive ketones (excluding diaryl/α,β-unsaturated/α-hetero) is 1. The molecular formula is C27H28N2O6. The number of rotatable bonds is 8. The van der Waals surface area contributed by atoms with Crippen molar-refractivity contribution in [1.29, 1.82) is 0 Å². The van der Waals surface area contributed by atoms with Gasteiger partial charge < -0.3 is 24.1 Å². The maximum Gasteiger partial charge on any atom is 0.337 e. The number of aryl methyl sites for hydroxylation is 1. The summed E-state index contributed by atoms with van der Waals surface area (Å²) in [4.78, 5) is 42.1. The minimum absolute atomic E-state index is 0.0403. The molecule has 8 heteroatoms. The number of amides is 1. The number of fused-ring (bicyclic) bond motifs is 1. The molecule has 0 saturated heterocycles. The van der Waals surface area contributed by atoms with Gasteiger partial charge in [0.05, 0.1) is 24.3 Å². The average molecular weight is 477 g/mol. The van der Waals surface area contributed by atoms with Crippen molar-refractivity contribution >= 4 is 28.6 Å². The summed E-state index contributed by atoms with van der Waals surface area (Å²) in [5.74, 6) is -2.19. The Labute approximate surface area is 203 Å². The average Bonchev–Trinajstić information content (AvgIpc) is 3.37. The second kappa shape index (κ2) is 9.76. The maximum absolute atomic E-state index is 13.6. The summed E-state index contributed by atoms with van der Waals surface area (Å²) < 4.78 is 10.5. The molecule has 35 heavy (non-hydrogen) atoms. The van der Waals surface area contributed by atoms with E-state index in [0.29, 0.717) is 29.7 Å². The Morgan fingerprint density at radius 2 is 1.83 bits per heavy atom. The van der Waals surface area contributed by atoms with Gasteiger partial charge in [0.15, 0.2) is 11.5 Å². The first-order valence-corrected chi connectivity index (χ1v) is 11.3. The molecule has 1 unspecified atom stereocenters. The van der Waals surface area contributed by atoms with Gasteiger partial charge in [-0.2, -0.15) is 0 Å². The second-order valence-corrected chi connectivity index (χ2v) is 8.91. The standard InChI is InChI=1S/C27H28N2O6/c1-16-6-11-20-19(14-16)15-21(35-20)24(30)22-23(17-7-9-18(10-8-17)27(33)34-4)29(26(32)25(22)31)13-5-12-28(2)3/h6-11,14-15,23,31H,5,12-13H2,1-4H3. The molecule has 0 aliphatic carbocycles. The number of aliphatic hydroxyl groups excluding tert-OH is 1. The van der Waals surface area contributed by atoms with E-state index in [-0.39, 0.29) is 11.3 Å². The molecule has 1 aliphatic rings. The van der Waals surface area contributed by atoms with Crippen molar-refractivity contribution in [1.82, 2.24) is 9.80 Å². The van der Waals surface area contributed by atoms with E-state index in [1.54, 1.807) is 36.4 Å². The number of hydrogen-bond donors (Lipinski definition) is 1. The highest BCUT2D eigenvalue weighted by Crippen LogP contribution is 2.39. The van der Waals surface area contributed by atoms with E-state index in [1.807, 2.05) is 38.1 Å². The number of furan rings is 1. The van der Waals surface area contributed by atoms with Crippen molar-refractivity contribution in [2.24, 2.45) is 0 Å². The lowest BCUT2D eigenvalue weighted by Crippen LogP contribution is -2.33. The van der Waals surface area contributed by atoms with Gasteiger partial charge in [-0.05, 0) is 69.9 Å². The smallest absolute Gasteiger partial charge is 0.337 e. The highest BCUT2D eigenvalue weighted by molar-refractivity contribution is 6.16. The van der Waals surface area contributed by atoms with Gasteiger partial charge >= 0.3 is 5.97 Å². The highest BCUT2D eigenvalue weighted by atomic mass is 16.5. The molecule has 1 aromatic heterocycles. The summed E-state index contributed by atoms with van der Waals surface area (Å²) in [7, 11) is 5.16. The summed E-state index contributed by atoms with van der Waals surface area (Å²) in [5.41, 5.74) is 2.46. The van der Waals surface area contributed by atoms with Gasteiger partial charge in [0.2, 0.25) is 5.78 Å². The van der Waals surface area contributed by atoms with Gasteiger partial charge in [0, 0.05) is 11.9 Å². The predicted molar refractivity (Wildman–Crippen MR) is 130 cm³/mol. The molecule has 4 rings (SSSR count). The van der Waals surface area contributed by atoms with Crippen LogP contribution >= 0.6 is 0 Å². The molecule has 1 atom stereocenters. The van der Waals surface area contributed by atoms with Gasteiger partial charge in [0.1, 0.15) is 5.58 Å². The molecule has 1 aliphatic heterocycles. The quantitative estimate of drug-likeness (QED) is 0.387. The van der Waals surface area contributed by atoms with E-state index in [2.05, 4.69) is 0 Å². The maximum atomic E-state index is 13.6. The van der Waals surface area contributed by atoms with E-state index in [9.17, 15) is 19.5 Å². The largest absolute Gasteiger partial charge is 0.503 e. The van der Waals surface area contributed by atoms with Crippen LogP contribution in [-0.2, 0) is 9.53 Å². The van der Waals surface area contributed by atoms with Crippen molar-refractivity contribution in [3.05, 3.63) is 82.3 Å². The third kappa shape index (κ3) is 4.70. The number of carbonyl (C=O) groups is 3. The highest BCUT2D eigenvalue weighted by Gasteiger charge is 2.44. The van der Waals surface area contributed by atoms with Crippen molar-refractivity contribution in [2.45, 2.75) is 19.4 Å². The molecule has 0 saturated carbocycles. The van der Waals surface area contributed by atoms with Crippen LogP contribution in [0.1, 0.15) is 44.5 Å². The Kier molecular flexibility index (Phi) is 6.75. The molecule has 2 heterocycles. The molecule has 1 N–H and O–H groups in total. The fraction of sp³-hybridized carbons (Fsp3) is 0.296. The van der Waals surface area contributed by atoms with E-state index in [0.717, 1.165) is 17.5 Å². The van der Waals surface area contributed by atoms with Crippen LogP contribution in [0.15, 0.2) is 64.3 Å². The van der Waals surface area contributed by atoms with Crippen LogP contribution in [0, 0.1) is 6.92 Å². The zero-order valence-electron chi connectivity index (χ0n) is 20.2. The number of ether oxygens (including phenoxy) is 1. The number of nitrogens with zero attached hydrogens (tertiary/aromatic N) is 2. The molecule has 8 nitrogen and oxygen atoms in total. The van der Waals surface area contributed by atoms with Crippen molar-refractivity contribution in [3.8, 4) is 0 Å². The number of benzene rings is 2. The van der Waals surface area contributed by atoms with E-state index in [1.165, 1.54) is 12.0 Å². The molecule has 2 aromatic carbocycles. The molecule has 3 aromatic rings. The van der Waals surface area contributed by atoms with Gasteiger partial charge in [-0.25, -0.2) is 4.79 Å². The molecule has 1 amide bonds. The van der Waals surface area contributed by atoms with Gasteiger partial charge in [-0.15, -0.1) is 0 Å². The normalized spacial score (nSPS) is 16.0. The monoisotopic (exact) mass is 476 g/mol. The minimum Gasteiger partial charge on any atom is -0.503 e. The minimum atomic E-state index is -0.821. The Bertz CT molecular complexity index is 1320. The number of hydrogen-bond acceptors (Lipinski definition) is 7. The molecule has 0 bridgehead atoms. The number of methoxy groups -OCH3 is 1. The zero-order chi connectivity index (χ0) is 25.3. The molecule has 182 valence electrons. The van der Waals surface area contributed by atoms with Gasteiger partial charge in [0.25, 0.3) is 5.91 Å². The molecular weight excluding hydrogens is 448 g/mol. The number of aliphatic hydroxyl groups is 1. The Morgan fingerprint density at radius 1 is 1.11 bits per heavy atom. The first-order chi connectivity index (χ1) is 16.7. The first kappa shape index (κ1) is 24.2. The van der Waals surface area contributed by atoms with Gasteiger partial charge in [-0.3, -0.25) is 9.59 Å². The lowest BCUT2D eigenvalue weighted by atomic mass is 9.94. The topological polar surface area (TPSA) is 100 Å². The SMILES string of the molecule is COC(=O)c1ccc(C2C(C(=O)c3cc4cc(C)ccc4o3)=C(O)C(=O)N2CCCN(C)C)cc1. The number of esters is 1. The summed E-state index contributed by atoms with van der Waals surface area (Å²) in [6.07, 6.45) is 0.647. The third-order valence-corrected chi connectivity index (χ3v) is 6.10. The fourth-order valence-corrected chi connectivity index (χ4v) is 4.35. The lowest BCUT2D eigenvalue weighted by Gasteiger charge is -2.27. The van der Waals surface area contributed by atoms with Crippen LogP contribution in [0.3, 0.4) is 0 Å². The first-order valence-electron chi connectivity index (χ1n) is 11.3.